The van der Waals surface area contributed by atoms with Crippen LogP contribution in [-0.4, -0.2) is 56.0 Å². The van der Waals surface area contributed by atoms with Crippen LogP contribution in [0.1, 0.15) is 32.4 Å². The van der Waals surface area contributed by atoms with Crippen molar-refractivity contribution >= 4 is 39.1 Å². The Hall–Kier alpha value is -1.78. The summed E-state index contributed by atoms with van der Waals surface area (Å²) in [6.07, 6.45) is 3.11. The monoisotopic (exact) mass is 460 g/mol. The summed E-state index contributed by atoms with van der Waals surface area (Å²) in [6, 6.07) is 7.96. The molecule has 4 rings (SSSR count). The van der Waals surface area contributed by atoms with Crippen LogP contribution in [0.15, 0.2) is 29.4 Å². The maximum atomic E-state index is 10.2. The Labute approximate surface area is 190 Å². The molecule has 7 nitrogen and oxygen atoms in total. The Bertz CT molecular complexity index is 1030. The molecule has 3 atom stereocenters. The molecule has 1 aromatic carbocycles. The van der Waals surface area contributed by atoms with Crippen LogP contribution in [0.3, 0.4) is 0 Å². The van der Waals surface area contributed by atoms with Gasteiger partial charge in [-0.25, -0.2) is 15.0 Å². The van der Waals surface area contributed by atoms with Crippen LogP contribution in [-0.2, 0) is 4.74 Å². The highest BCUT2D eigenvalue weighted by Crippen LogP contribution is 2.39. The third-order valence-electron chi connectivity index (χ3n) is 5.38. The summed E-state index contributed by atoms with van der Waals surface area (Å²) >= 11 is 3.11. The average Bonchev–Trinajstić information content (AvgIpc) is 3.30. The van der Waals surface area contributed by atoms with E-state index in [1.54, 1.807) is 25.2 Å². The van der Waals surface area contributed by atoms with Crippen LogP contribution < -0.4 is 5.32 Å². The molecular weight excluding hydrogens is 432 g/mol. The van der Waals surface area contributed by atoms with Gasteiger partial charge in [0.15, 0.2) is 10.9 Å². The van der Waals surface area contributed by atoms with Gasteiger partial charge < -0.3 is 20.3 Å². The molecule has 166 valence electrons. The van der Waals surface area contributed by atoms with Crippen molar-refractivity contribution in [3.63, 3.8) is 0 Å². The Balaban J connectivity index is 1.73. The first-order valence-electron chi connectivity index (χ1n) is 10.3. The number of hydrogen-bond donors (Lipinski definition) is 3. The van der Waals surface area contributed by atoms with Crippen molar-refractivity contribution in [2.24, 2.45) is 5.92 Å². The smallest absolute Gasteiger partial charge is 0.189 e. The summed E-state index contributed by atoms with van der Waals surface area (Å²) in [4.78, 5) is 14.2. The molecule has 0 radical (unpaired) electrons. The van der Waals surface area contributed by atoms with E-state index in [0.29, 0.717) is 17.4 Å². The molecule has 1 aliphatic carbocycles. The summed E-state index contributed by atoms with van der Waals surface area (Å²) in [7, 11) is 0. The van der Waals surface area contributed by atoms with E-state index >= 15 is 0 Å². The van der Waals surface area contributed by atoms with Crippen molar-refractivity contribution in [1.82, 2.24) is 15.0 Å². The Morgan fingerprint density at radius 3 is 2.68 bits per heavy atom. The standard InChI is InChI=1S/C22H28N4O3S2/c1-12-18(20-25-14-7-5-6-8-17(14)31-20)19(26-21(23-12)30-4)24-15-9-13(11-27)10-16(15)29-22(2,3)28/h5-8,13,15-16,27-28H,9-11H2,1-4H3,(H,23,24,26)/t13-,15+,16+/m0/s1. The largest absolute Gasteiger partial charge is 0.396 e. The molecular formula is C22H28N4O3S2. The maximum Gasteiger partial charge on any atom is 0.189 e. The number of aliphatic hydroxyl groups is 2. The lowest BCUT2D eigenvalue weighted by atomic mass is 10.1. The van der Waals surface area contributed by atoms with Crippen molar-refractivity contribution in [2.45, 2.75) is 56.7 Å². The van der Waals surface area contributed by atoms with E-state index in [1.165, 1.54) is 11.8 Å². The van der Waals surface area contributed by atoms with Gasteiger partial charge >= 0.3 is 0 Å². The zero-order chi connectivity index (χ0) is 22.2. The second-order valence-corrected chi connectivity index (χ2v) is 10.2. The fourth-order valence-electron chi connectivity index (χ4n) is 4.06. The van der Waals surface area contributed by atoms with Gasteiger partial charge in [-0.15, -0.1) is 11.3 Å². The number of benzene rings is 1. The Morgan fingerprint density at radius 2 is 2.00 bits per heavy atom. The van der Waals surface area contributed by atoms with E-state index in [1.807, 2.05) is 31.4 Å². The molecule has 9 heteroatoms. The van der Waals surface area contributed by atoms with Crippen molar-refractivity contribution in [2.75, 3.05) is 18.2 Å². The second-order valence-electron chi connectivity index (χ2n) is 8.38. The molecule has 0 saturated heterocycles. The summed E-state index contributed by atoms with van der Waals surface area (Å²) < 4.78 is 7.03. The number of para-hydroxylation sites is 1. The van der Waals surface area contributed by atoms with Gasteiger partial charge in [0.2, 0.25) is 0 Å². The fourth-order valence-corrected chi connectivity index (χ4v) is 5.53. The van der Waals surface area contributed by atoms with E-state index in [4.69, 9.17) is 14.7 Å². The topological polar surface area (TPSA) is 100 Å². The summed E-state index contributed by atoms with van der Waals surface area (Å²) in [5.74, 6) is -0.431. The summed E-state index contributed by atoms with van der Waals surface area (Å²) in [5.41, 5.74) is 2.69. The molecule has 0 spiro atoms. The predicted molar refractivity (Wildman–Crippen MR) is 126 cm³/mol. The number of thiazole rings is 1. The maximum absolute atomic E-state index is 10.2. The number of aryl methyl sites for hydroxylation is 1. The van der Waals surface area contributed by atoms with Crippen LogP contribution >= 0.6 is 23.1 Å². The minimum absolute atomic E-state index is 0.0908. The molecule has 0 amide bonds. The van der Waals surface area contributed by atoms with E-state index < -0.39 is 5.79 Å². The first-order valence-corrected chi connectivity index (χ1v) is 12.4. The van der Waals surface area contributed by atoms with Crippen molar-refractivity contribution in [3.8, 4) is 10.6 Å². The van der Waals surface area contributed by atoms with E-state index in [-0.39, 0.29) is 24.7 Å². The van der Waals surface area contributed by atoms with E-state index in [9.17, 15) is 10.2 Å². The molecule has 3 aromatic rings. The van der Waals surface area contributed by atoms with Crippen LogP contribution in [0, 0.1) is 12.8 Å². The quantitative estimate of drug-likeness (QED) is 0.275. The lowest BCUT2D eigenvalue weighted by Gasteiger charge is -2.29. The molecule has 31 heavy (non-hydrogen) atoms. The number of rotatable bonds is 7. The van der Waals surface area contributed by atoms with Crippen molar-refractivity contribution < 1.29 is 14.9 Å². The zero-order valence-electron chi connectivity index (χ0n) is 18.1. The number of aliphatic hydroxyl groups excluding tert-OH is 1. The average molecular weight is 461 g/mol. The highest BCUT2D eigenvalue weighted by atomic mass is 32.2. The summed E-state index contributed by atoms with van der Waals surface area (Å²) in [5, 5.41) is 25.0. The van der Waals surface area contributed by atoms with Crippen LogP contribution in [0.4, 0.5) is 5.82 Å². The molecule has 3 N–H and O–H groups in total. The number of hydrogen-bond acceptors (Lipinski definition) is 9. The van der Waals surface area contributed by atoms with E-state index in [0.717, 1.165) is 32.9 Å². The molecule has 0 bridgehead atoms. The minimum Gasteiger partial charge on any atom is -0.396 e. The van der Waals surface area contributed by atoms with Gasteiger partial charge in [-0.1, -0.05) is 23.9 Å². The second kappa shape index (κ2) is 8.99. The predicted octanol–water partition coefficient (Wildman–Crippen LogP) is 4.08. The number of aromatic nitrogens is 3. The van der Waals surface area contributed by atoms with Gasteiger partial charge in [0.05, 0.1) is 33.6 Å². The Kier molecular flexibility index (Phi) is 6.50. The Morgan fingerprint density at radius 1 is 1.23 bits per heavy atom. The number of ether oxygens (including phenoxy) is 1. The first kappa shape index (κ1) is 22.4. The van der Waals surface area contributed by atoms with Gasteiger partial charge in [0, 0.05) is 6.61 Å². The van der Waals surface area contributed by atoms with Crippen LogP contribution in [0.2, 0.25) is 0 Å². The van der Waals surface area contributed by atoms with Gasteiger partial charge in [0.25, 0.3) is 0 Å². The van der Waals surface area contributed by atoms with Gasteiger partial charge in [0.1, 0.15) is 10.8 Å². The highest BCUT2D eigenvalue weighted by molar-refractivity contribution is 7.98. The van der Waals surface area contributed by atoms with Gasteiger partial charge in [-0.05, 0) is 57.9 Å². The molecule has 0 unspecified atom stereocenters. The fraction of sp³-hybridized carbons (Fsp3) is 0.500. The molecule has 2 aromatic heterocycles. The minimum atomic E-state index is -1.25. The number of anilines is 1. The number of nitrogens with zero attached hydrogens (tertiary/aromatic N) is 3. The lowest BCUT2D eigenvalue weighted by Crippen LogP contribution is -2.38. The molecule has 1 fully saturated rings. The number of thioether (sulfide) groups is 1. The van der Waals surface area contributed by atoms with Crippen molar-refractivity contribution in [3.05, 3.63) is 30.0 Å². The van der Waals surface area contributed by atoms with Crippen molar-refractivity contribution in [1.29, 1.82) is 0 Å². The summed E-state index contributed by atoms with van der Waals surface area (Å²) in [6.45, 7) is 5.32. The SMILES string of the molecule is CSc1nc(C)c(-c2nc3ccccc3s2)c(N[C@@H]2C[C@H](CO)C[C@H]2OC(C)(C)O)n1. The van der Waals surface area contributed by atoms with Gasteiger partial charge in [-0.2, -0.15) is 0 Å². The molecule has 2 heterocycles. The highest BCUT2D eigenvalue weighted by Gasteiger charge is 2.38. The molecule has 1 saturated carbocycles. The normalized spacial score (nSPS) is 21.7. The van der Waals surface area contributed by atoms with Gasteiger partial charge in [-0.3, -0.25) is 0 Å². The number of fused-ring (bicyclic) bond motifs is 1. The zero-order valence-corrected chi connectivity index (χ0v) is 19.8. The molecule has 1 aliphatic rings. The van der Waals surface area contributed by atoms with Crippen LogP contribution in [0.25, 0.3) is 20.8 Å². The van der Waals surface area contributed by atoms with E-state index in [2.05, 4.69) is 16.4 Å². The third-order valence-corrected chi connectivity index (χ3v) is 6.98. The molecule has 0 aliphatic heterocycles. The lowest BCUT2D eigenvalue weighted by molar-refractivity contribution is -0.205. The third kappa shape index (κ3) is 5.01. The number of nitrogens with one attached hydrogen (secondary N) is 1. The van der Waals surface area contributed by atoms with Crippen LogP contribution in [0.5, 0.6) is 0 Å². The first-order chi connectivity index (χ1) is 14.8.